The van der Waals surface area contributed by atoms with E-state index in [0.29, 0.717) is 11.3 Å². The average Bonchev–Trinajstić information content (AvgIpc) is 3.03. The van der Waals surface area contributed by atoms with Crippen LogP contribution in [-0.4, -0.2) is 47.4 Å². The zero-order chi connectivity index (χ0) is 20.6. The molecule has 152 valence electrons. The van der Waals surface area contributed by atoms with Crippen molar-refractivity contribution in [1.82, 2.24) is 9.88 Å². The Morgan fingerprint density at radius 2 is 1.72 bits per heavy atom. The molecule has 0 spiro atoms. The molecule has 29 heavy (non-hydrogen) atoms. The van der Waals surface area contributed by atoms with Gasteiger partial charge in [0.15, 0.2) is 0 Å². The molecule has 2 amide bonds. The van der Waals surface area contributed by atoms with E-state index in [0.717, 1.165) is 38.8 Å². The summed E-state index contributed by atoms with van der Waals surface area (Å²) in [5.74, 6) is -1.06. The normalized spacial score (nSPS) is 14.0. The van der Waals surface area contributed by atoms with E-state index in [4.69, 9.17) is 4.74 Å². The fraction of sp³-hybridized carbons (Fsp3) is 0.364. The molecule has 3 rings (SSSR count). The van der Waals surface area contributed by atoms with Gasteiger partial charge in [0.2, 0.25) is 0 Å². The first kappa shape index (κ1) is 20.5. The van der Waals surface area contributed by atoms with Gasteiger partial charge in [-0.15, -0.1) is 0 Å². The first-order valence-electron chi connectivity index (χ1n) is 9.92. The number of amides is 2. The van der Waals surface area contributed by atoms with Gasteiger partial charge in [-0.25, -0.2) is 4.79 Å². The first-order chi connectivity index (χ1) is 14.1. The maximum absolute atomic E-state index is 12.8. The number of likely N-dealkylation sites (tertiary alicyclic amines) is 1. The van der Waals surface area contributed by atoms with Crippen molar-refractivity contribution in [1.29, 1.82) is 0 Å². The first-order valence-corrected chi connectivity index (χ1v) is 9.92. The number of hydrogen-bond donors (Lipinski definition) is 1. The monoisotopic (exact) mass is 395 g/mol. The van der Waals surface area contributed by atoms with Gasteiger partial charge in [-0.1, -0.05) is 25.0 Å². The molecule has 7 heteroatoms. The zero-order valence-corrected chi connectivity index (χ0v) is 16.5. The number of carbonyl (C=O) groups excluding carboxylic acids is 3. The van der Waals surface area contributed by atoms with Crippen LogP contribution in [0.2, 0.25) is 0 Å². The molecule has 1 N–H and O–H groups in total. The Morgan fingerprint density at radius 1 is 1.03 bits per heavy atom. The highest BCUT2D eigenvalue weighted by atomic mass is 16.5. The van der Waals surface area contributed by atoms with Gasteiger partial charge in [0, 0.05) is 25.5 Å². The Balaban J connectivity index is 1.76. The minimum atomic E-state index is -0.508. The van der Waals surface area contributed by atoms with Crippen molar-refractivity contribution in [2.24, 2.45) is 0 Å². The van der Waals surface area contributed by atoms with Crippen molar-refractivity contribution >= 4 is 23.5 Å². The third-order valence-electron chi connectivity index (χ3n) is 4.81. The Bertz CT molecular complexity index is 889. The Hall–Kier alpha value is -3.22. The second-order valence-electron chi connectivity index (χ2n) is 6.89. The van der Waals surface area contributed by atoms with Crippen molar-refractivity contribution in [2.75, 3.05) is 25.0 Å². The predicted molar refractivity (Wildman–Crippen MR) is 109 cm³/mol. The van der Waals surface area contributed by atoms with Crippen LogP contribution >= 0.6 is 0 Å². The van der Waals surface area contributed by atoms with Crippen LogP contribution in [0.4, 0.5) is 5.69 Å². The van der Waals surface area contributed by atoms with E-state index in [1.165, 1.54) is 12.4 Å². The number of anilines is 1. The zero-order valence-electron chi connectivity index (χ0n) is 16.5. The molecule has 7 nitrogen and oxygen atoms in total. The summed E-state index contributed by atoms with van der Waals surface area (Å²) >= 11 is 0. The largest absolute Gasteiger partial charge is 0.462 e. The van der Waals surface area contributed by atoms with E-state index in [2.05, 4.69) is 10.3 Å². The molecule has 1 aromatic heterocycles. The van der Waals surface area contributed by atoms with Crippen LogP contribution in [0.25, 0.3) is 0 Å². The number of aromatic nitrogens is 1. The number of benzene rings is 1. The third-order valence-corrected chi connectivity index (χ3v) is 4.81. The minimum absolute atomic E-state index is 0.110. The highest BCUT2D eigenvalue weighted by Crippen LogP contribution is 2.18. The van der Waals surface area contributed by atoms with E-state index < -0.39 is 11.9 Å². The third kappa shape index (κ3) is 5.19. The molecular weight excluding hydrogens is 370 g/mol. The summed E-state index contributed by atoms with van der Waals surface area (Å²) in [5.41, 5.74) is 1.26. The summed E-state index contributed by atoms with van der Waals surface area (Å²) in [6.07, 6.45) is 7.13. The van der Waals surface area contributed by atoms with Crippen molar-refractivity contribution in [2.45, 2.75) is 32.6 Å². The molecule has 0 radical (unpaired) electrons. The molecule has 0 atom stereocenters. The number of pyridine rings is 1. The van der Waals surface area contributed by atoms with Gasteiger partial charge in [0.05, 0.1) is 29.0 Å². The number of carbonyl (C=O) groups is 3. The molecule has 2 heterocycles. The molecule has 1 saturated heterocycles. The standard InChI is InChI=1S/C22H25N3O4/c1-2-29-22(28)18-9-5-6-10-19(18)24-20(26)16-13-17(15-23-14-16)21(27)25-11-7-3-4-8-12-25/h5-6,9-10,13-15H,2-4,7-8,11-12H2,1H3,(H,24,26). The number of nitrogens with one attached hydrogen (secondary N) is 1. The number of esters is 1. The summed E-state index contributed by atoms with van der Waals surface area (Å²) in [4.78, 5) is 43.5. The van der Waals surface area contributed by atoms with E-state index in [1.54, 1.807) is 37.3 Å². The summed E-state index contributed by atoms with van der Waals surface area (Å²) < 4.78 is 5.03. The summed E-state index contributed by atoms with van der Waals surface area (Å²) in [6.45, 7) is 3.41. The fourth-order valence-electron chi connectivity index (χ4n) is 3.31. The SMILES string of the molecule is CCOC(=O)c1ccccc1NC(=O)c1cncc(C(=O)N2CCCCCC2)c1. The fourth-order valence-corrected chi connectivity index (χ4v) is 3.31. The number of rotatable bonds is 5. The van der Waals surface area contributed by atoms with E-state index in [-0.39, 0.29) is 23.6 Å². The van der Waals surface area contributed by atoms with Crippen molar-refractivity contribution in [3.63, 3.8) is 0 Å². The molecular formula is C22H25N3O4. The van der Waals surface area contributed by atoms with Gasteiger partial charge in [0.25, 0.3) is 11.8 Å². The summed E-state index contributed by atoms with van der Waals surface area (Å²) in [5, 5.41) is 2.72. The lowest BCUT2D eigenvalue weighted by Gasteiger charge is -2.20. The van der Waals surface area contributed by atoms with E-state index in [1.807, 2.05) is 4.90 Å². The van der Waals surface area contributed by atoms with Gasteiger partial charge >= 0.3 is 5.97 Å². The molecule has 1 fully saturated rings. The number of ether oxygens (including phenoxy) is 1. The van der Waals surface area contributed by atoms with Crippen LogP contribution in [0.5, 0.6) is 0 Å². The number of para-hydroxylation sites is 1. The maximum atomic E-state index is 12.8. The smallest absolute Gasteiger partial charge is 0.340 e. The quantitative estimate of drug-likeness (QED) is 0.783. The van der Waals surface area contributed by atoms with Crippen LogP contribution in [-0.2, 0) is 4.74 Å². The number of nitrogens with zero attached hydrogens (tertiary/aromatic N) is 2. The Labute approximate surface area is 170 Å². The number of hydrogen-bond acceptors (Lipinski definition) is 5. The highest BCUT2D eigenvalue weighted by molar-refractivity contribution is 6.08. The minimum Gasteiger partial charge on any atom is -0.462 e. The maximum Gasteiger partial charge on any atom is 0.340 e. The molecule has 1 aromatic carbocycles. The van der Waals surface area contributed by atoms with Gasteiger partial charge in [0.1, 0.15) is 0 Å². The lowest BCUT2D eigenvalue weighted by molar-refractivity contribution is 0.0527. The molecule has 1 aliphatic heterocycles. The van der Waals surface area contributed by atoms with Gasteiger partial charge in [-0.05, 0) is 38.0 Å². The molecule has 0 saturated carbocycles. The molecule has 0 aliphatic carbocycles. The molecule has 1 aliphatic rings. The van der Waals surface area contributed by atoms with Crippen LogP contribution in [0.3, 0.4) is 0 Å². The summed E-state index contributed by atoms with van der Waals surface area (Å²) in [7, 11) is 0. The second-order valence-corrected chi connectivity index (χ2v) is 6.89. The van der Waals surface area contributed by atoms with Crippen LogP contribution in [0.15, 0.2) is 42.7 Å². The topological polar surface area (TPSA) is 88.6 Å². The van der Waals surface area contributed by atoms with Crippen molar-refractivity contribution in [3.05, 3.63) is 59.4 Å². The lowest BCUT2D eigenvalue weighted by Crippen LogP contribution is -2.32. The predicted octanol–water partition coefficient (Wildman–Crippen LogP) is 3.53. The van der Waals surface area contributed by atoms with Crippen molar-refractivity contribution < 1.29 is 19.1 Å². The van der Waals surface area contributed by atoms with Gasteiger partial charge < -0.3 is 15.0 Å². The van der Waals surface area contributed by atoms with Crippen LogP contribution in [0, 0.1) is 0 Å². The second kappa shape index (κ2) is 9.82. The van der Waals surface area contributed by atoms with E-state index >= 15 is 0 Å². The Morgan fingerprint density at radius 3 is 2.45 bits per heavy atom. The molecule has 0 bridgehead atoms. The molecule has 2 aromatic rings. The van der Waals surface area contributed by atoms with E-state index in [9.17, 15) is 14.4 Å². The Kier molecular flexibility index (Phi) is 6.94. The lowest BCUT2D eigenvalue weighted by atomic mass is 10.1. The van der Waals surface area contributed by atoms with Gasteiger partial charge in [-0.3, -0.25) is 14.6 Å². The van der Waals surface area contributed by atoms with Crippen LogP contribution < -0.4 is 5.32 Å². The van der Waals surface area contributed by atoms with Gasteiger partial charge in [-0.2, -0.15) is 0 Å². The highest BCUT2D eigenvalue weighted by Gasteiger charge is 2.20. The molecule has 0 unspecified atom stereocenters. The van der Waals surface area contributed by atoms with Crippen LogP contribution in [0.1, 0.15) is 63.7 Å². The van der Waals surface area contributed by atoms with Crippen molar-refractivity contribution in [3.8, 4) is 0 Å². The average molecular weight is 395 g/mol. The summed E-state index contributed by atoms with van der Waals surface area (Å²) in [6, 6.07) is 8.18.